The molecule has 1 atom stereocenters. The lowest BCUT2D eigenvalue weighted by molar-refractivity contribution is -0.138. The SMILES string of the molecule is Cc1cc(C(Cc2ccccc2)C(=O)O)ncc1Br. The van der Waals surface area contributed by atoms with E-state index in [4.69, 9.17) is 0 Å². The molecule has 0 aliphatic carbocycles. The number of rotatable bonds is 4. The van der Waals surface area contributed by atoms with Crippen LogP contribution in [0.4, 0.5) is 0 Å². The van der Waals surface area contributed by atoms with Crippen molar-refractivity contribution in [1.29, 1.82) is 0 Å². The Balaban J connectivity index is 2.30. The van der Waals surface area contributed by atoms with Gasteiger partial charge in [-0.15, -0.1) is 0 Å². The highest BCUT2D eigenvalue weighted by Crippen LogP contribution is 2.23. The number of aliphatic carboxylic acids is 1. The minimum absolute atomic E-state index is 0.449. The molecule has 1 N–H and O–H groups in total. The molecule has 1 aromatic heterocycles. The zero-order chi connectivity index (χ0) is 13.8. The van der Waals surface area contributed by atoms with E-state index in [9.17, 15) is 9.90 Å². The van der Waals surface area contributed by atoms with Gasteiger partial charge in [-0.05, 0) is 46.5 Å². The summed E-state index contributed by atoms with van der Waals surface area (Å²) in [6.45, 7) is 1.93. The highest BCUT2D eigenvalue weighted by atomic mass is 79.9. The topological polar surface area (TPSA) is 50.2 Å². The molecular weight excluding hydrogens is 306 g/mol. The maximum Gasteiger partial charge on any atom is 0.312 e. The van der Waals surface area contributed by atoms with Gasteiger partial charge in [0.05, 0.1) is 5.69 Å². The van der Waals surface area contributed by atoms with Crippen LogP contribution >= 0.6 is 15.9 Å². The van der Waals surface area contributed by atoms with Crippen molar-refractivity contribution < 1.29 is 9.90 Å². The number of aryl methyl sites for hydroxylation is 1. The van der Waals surface area contributed by atoms with Crippen LogP contribution in [0.15, 0.2) is 47.1 Å². The van der Waals surface area contributed by atoms with Crippen LogP contribution in [0, 0.1) is 6.92 Å². The molecular formula is C15H14BrNO2. The van der Waals surface area contributed by atoms with Crippen LogP contribution in [-0.4, -0.2) is 16.1 Å². The van der Waals surface area contributed by atoms with E-state index in [0.717, 1.165) is 15.6 Å². The summed E-state index contributed by atoms with van der Waals surface area (Å²) < 4.78 is 0.889. The average Bonchev–Trinajstić information content (AvgIpc) is 2.40. The van der Waals surface area contributed by atoms with E-state index < -0.39 is 11.9 Å². The van der Waals surface area contributed by atoms with Crippen molar-refractivity contribution >= 4 is 21.9 Å². The van der Waals surface area contributed by atoms with Gasteiger partial charge in [-0.1, -0.05) is 30.3 Å². The van der Waals surface area contributed by atoms with E-state index in [0.29, 0.717) is 12.1 Å². The van der Waals surface area contributed by atoms with Crippen LogP contribution in [0.5, 0.6) is 0 Å². The number of carboxylic acids is 1. The van der Waals surface area contributed by atoms with E-state index in [1.807, 2.05) is 43.3 Å². The Morgan fingerprint density at radius 3 is 2.63 bits per heavy atom. The highest BCUT2D eigenvalue weighted by Gasteiger charge is 2.22. The predicted octanol–water partition coefficient (Wildman–Crippen LogP) is 3.56. The fraction of sp³-hybridized carbons (Fsp3) is 0.200. The second kappa shape index (κ2) is 5.97. The Bertz CT molecular complexity index is 584. The predicted molar refractivity (Wildman–Crippen MR) is 77.2 cm³/mol. The van der Waals surface area contributed by atoms with Gasteiger partial charge < -0.3 is 5.11 Å². The van der Waals surface area contributed by atoms with Crippen molar-refractivity contribution in [2.45, 2.75) is 19.3 Å². The maximum absolute atomic E-state index is 11.4. The molecule has 0 aliphatic heterocycles. The van der Waals surface area contributed by atoms with Crippen LogP contribution in [0.25, 0.3) is 0 Å². The molecule has 2 rings (SSSR count). The molecule has 0 saturated carbocycles. The molecule has 0 saturated heterocycles. The average molecular weight is 320 g/mol. The lowest BCUT2D eigenvalue weighted by Gasteiger charge is -2.13. The lowest BCUT2D eigenvalue weighted by Crippen LogP contribution is -2.16. The van der Waals surface area contributed by atoms with Gasteiger partial charge in [-0.2, -0.15) is 0 Å². The summed E-state index contributed by atoms with van der Waals surface area (Å²) in [4.78, 5) is 15.7. The van der Waals surface area contributed by atoms with Crippen molar-refractivity contribution in [3.63, 3.8) is 0 Å². The third-order valence-corrected chi connectivity index (χ3v) is 3.84. The number of benzene rings is 1. The number of nitrogens with zero attached hydrogens (tertiary/aromatic N) is 1. The van der Waals surface area contributed by atoms with E-state index in [2.05, 4.69) is 20.9 Å². The zero-order valence-electron chi connectivity index (χ0n) is 10.5. The Labute approximate surface area is 120 Å². The van der Waals surface area contributed by atoms with Crippen molar-refractivity contribution in [1.82, 2.24) is 4.98 Å². The molecule has 0 aliphatic rings. The van der Waals surface area contributed by atoms with Crippen molar-refractivity contribution in [2.75, 3.05) is 0 Å². The molecule has 0 fully saturated rings. The van der Waals surface area contributed by atoms with Crippen LogP contribution in [-0.2, 0) is 11.2 Å². The Hall–Kier alpha value is -1.68. The summed E-state index contributed by atoms with van der Waals surface area (Å²) >= 11 is 3.37. The van der Waals surface area contributed by atoms with E-state index in [1.54, 1.807) is 6.20 Å². The first-order chi connectivity index (χ1) is 9.08. The molecule has 0 spiro atoms. The molecule has 0 amide bonds. The fourth-order valence-corrected chi connectivity index (χ4v) is 2.14. The Morgan fingerprint density at radius 2 is 2.05 bits per heavy atom. The van der Waals surface area contributed by atoms with Crippen molar-refractivity contribution in [3.8, 4) is 0 Å². The largest absolute Gasteiger partial charge is 0.481 e. The number of hydrogen-bond donors (Lipinski definition) is 1. The van der Waals surface area contributed by atoms with Gasteiger partial charge in [0.2, 0.25) is 0 Å². The number of hydrogen-bond acceptors (Lipinski definition) is 2. The van der Waals surface area contributed by atoms with Gasteiger partial charge in [0, 0.05) is 10.7 Å². The van der Waals surface area contributed by atoms with Gasteiger partial charge in [0.25, 0.3) is 0 Å². The molecule has 0 bridgehead atoms. The first-order valence-corrected chi connectivity index (χ1v) is 6.76. The van der Waals surface area contributed by atoms with Gasteiger partial charge >= 0.3 is 5.97 Å². The third kappa shape index (κ3) is 3.41. The van der Waals surface area contributed by atoms with Gasteiger partial charge in [0.15, 0.2) is 0 Å². The summed E-state index contributed by atoms with van der Waals surface area (Å²) in [7, 11) is 0. The molecule has 4 heteroatoms. The number of carboxylic acid groups (broad SMARTS) is 1. The molecule has 0 radical (unpaired) electrons. The summed E-state index contributed by atoms with van der Waals surface area (Å²) in [5.41, 5.74) is 2.58. The van der Waals surface area contributed by atoms with Crippen LogP contribution in [0.3, 0.4) is 0 Å². The quantitative estimate of drug-likeness (QED) is 0.937. The highest BCUT2D eigenvalue weighted by molar-refractivity contribution is 9.10. The first-order valence-electron chi connectivity index (χ1n) is 5.96. The normalized spacial score (nSPS) is 12.1. The summed E-state index contributed by atoms with van der Waals surface area (Å²) in [5.74, 6) is -1.47. The minimum atomic E-state index is -0.849. The summed E-state index contributed by atoms with van der Waals surface area (Å²) in [5, 5.41) is 9.40. The fourth-order valence-electron chi connectivity index (χ4n) is 1.92. The van der Waals surface area contributed by atoms with Crippen molar-refractivity contribution in [2.24, 2.45) is 0 Å². The molecule has 19 heavy (non-hydrogen) atoms. The van der Waals surface area contributed by atoms with Gasteiger partial charge in [0.1, 0.15) is 5.92 Å². The number of halogens is 1. The monoisotopic (exact) mass is 319 g/mol. The third-order valence-electron chi connectivity index (χ3n) is 3.01. The summed E-state index contributed by atoms with van der Waals surface area (Å²) in [6, 6.07) is 11.4. The standard InChI is InChI=1S/C15H14BrNO2/c1-10-7-14(17-9-13(10)16)12(15(18)19)8-11-5-3-2-4-6-11/h2-7,9,12H,8H2,1H3,(H,18,19). The van der Waals surface area contributed by atoms with E-state index >= 15 is 0 Å². The Kier molecular flexibility index (Phi) is 4.32. The van der Waals surface area contributed by atoms with Crippen molar-refractivity contribution in [3.05, 3.63) is 63.9 Å². The van der Waals surface area contributed by atoms with Gasteiger partial charge in [-0.25, -0.2) is 0 Å². The maximum atomic E-state index is 11.4. The molecule has 3 nitrogen and oxygen atoms in total. The molecule has 1 aromatic carbocycles. The molecule has 2 aromatic rings. The minimum Gasteiger partial charge on any atom is -0.481 e. The molecule has 1 unspecified atom stereocenters. The summed E-state index contributed by atoms with van der Waals surface area (Å²) in [6.07, 6.45) is 2.11. The number of carbonyl (C=O) groups is 1. The first kappa shape index (κ1) is 13.7. The smallest absolute Gasteiger partial charge is 0.312 e. The lowest BCUT2D eigenvalue weighted by atomic mass is 9.95. The number of aromatic nitrogens is 1. The molecule has 1 heterocycles. The zero-order valence-corrected chi connectivity index (χ0v) is 12.1. The van der Waals surface area contributed by atoms with Crippen LogP contribution < -0.4 is 0 Å². The van der Waals surface area contributed by atoms with E-state index in [1.165, 1.54) is 0 Å². The van der Waals surface area contributed by atoms with Crippen LogP contribution in [0.1, 0.15) is 22.7 Å². The Morgan fingerprint density at radius 1 is 1.37 bits per heavy atom. The second-order valence-corrected chi connectivity index (χ2v) is 5.29. The van der Waals surface area contributed by atoms with E-state index in [-0.39, 0.29) is 0 Å². The number of pyridine rings is 1. The molecule has 98 valence electrons. The second-order valence-electron chi connectivity index (χ2n) is 4.44. The van der Waals surface area contributed by atoms with Crippen LogP contribution in [0.2, 0.25) is 0 Å². The van der Waals surface area contributed by atoms with Gasteiger partial charge in [-0.3, -0.25) is 9.78 Å².